The molecule has 7 heteroatoms. The number of carbonyl (C=O) groups is 1. The third-order valence-corrected chi connectivity index (χ3v) is 8.16. The molecule has 1 saturated heterocycles. The van der Waals surface area contributed by atoms with Gasteiger partial charge >= 0.3 is 5.69 Å². The molecule has 5 aromatic rings. The molecule has 2 heterocycles. The van der Waals surface area contributed by atoms with Crippen LogP contribution in [0.2, 0.25) is 0 Å². The van der Waals surface area contributed by atoms with Gasteiger partial charge in [-0.15, -0.1) is 0 Å². The number of amides is 1. The number of nitrogens with zero attached hydrogens (tertiary/aromatic N) is 4. The van der Waals surface area contributed by atoms with Crippen molar-refractivity contribution in [3.63, 3.8) is 0 Å². The summed E-state index contributed by atoms with van der Waals surface area (Å²) >= 11 is 0. The molecule has 6 rings (SSSR count). The van der Waals surface area contributed by atoms with Crippen molar-refractivity contribution in [1.29, 1.82) is 0 Å². The minimum absolute atomic E-state index is 0.0890. The van der Waals surface area contributed by atoms with Gasteiger partial charge in [0, 0.05) is 25.3 Å². The number of nitrogens with one attached hydrogen (secondary N) is 1. The number of hydrogen-bond donors (Lipinski definition) is 1. The molecule has 7 nitrogen and oxygen atoms in total. The lowest BCUT2D eigenvalue weighted by molar-refractivity contribution is -0.124. The first-order chi connectivity index (χ1) is 20.7. The first kappa shape index (κ1) is 27.3. The van der Waals surface area contributed by atoms with E-state index in [-0.39, 0.29) is 23.4 Å². The van der Waals surface area contributed by atoms with Crippen LogP contribution in [0.15, 0.2) is 126 Å². The normalized spacial score (nSPS) is 14.4. The van der Waals surface area contributed by atoms with E-state index in [1.54, 1.807) is 10.9 Å². The van der Waals surface area contributed by atoms with Crippen LogP contribution < -0.4 is 15.9 Å². The summed E-state index contributed by atoms with van der Waals surface area (Å²) in [6, 6.07) is 38.2. The Balaban J connectivity index is 1.11. The molecule has 42 heavy (non-hydrogen) atoms. The fourth-order valence-electron chi connectivity index (χ4n) is 5.89. The molecule has 1 aliphatic heterocycles. The minimum Gasteiger partial charge on any atom is -0.372 e. The zero-order valence-corrected chi connectivity index (χ0v) is 23.5. The molecule has 1 unspecified atom stereocenters. The summed E-state index contributed by atoms with van der Waals surface area (Å²) in [5, 5.41) is 7.51. The highest BCUT2D eigenvalue weighted by atomic mass is 16.2. The Kier molecular flexibility index (Phi) is 8.26. The third-order valence-electron chi connectivity index (χ3n) is 8.16. The second-order valence-corrected chi connectivity index (χ2v) is 10.9. The van der Waals surface area contributed by atoms with Crippen LogP contribution in [0.5, 0.6) is 0 Å². The molecule has 1 atom stereocenters. The van der Waals surface area contributed by atoms with E-state index in [9.17, 15) is 9.59 Å². The van der Waals surface area contributed by atoms with Crippen LogP contribution in [0.1, 0.15) is 35.4 Å². The number of aromatic nitrogens is 3. The number of rotatable bonds is 9. The Morgan fingerprint density at radius 3 is 1.98 bits per heavy atom. The van der Waals surface area contributed by atoms with Crippen LogP contribution in [0, 0.1) is 5.92 Å². The Hall–Kier alpha value is -4.91. The number of benzene rings is 4. The van der Waals surface area contributed by atoms with E-state index in [2.05, 4.69) is 39.6 Å². The zero-order valence-electron chi connectivity index (χ0n) is 23.5. The standard InChI is InChI=1S/C35H35N5O2/c41-34(36-24-27-10-4-1-5-11-27)33(29-14-8-3-9-15-29)30-20-22-38(23-21-30)31-16-18-32(19-17-31)39-26-37-40(35(39)42)25-28-12-6-2-7-13-28/h1-19,26,30,33H,20-25H2,(H,36,41). The van der Waals surface area contributed by atoms with Crippen molar-refractivity contribution in [3.05, 3.63) is 149 Å². The molecule has 1 fully saturated rings. The van der Waals surface area contributed by atoms with Gasteiger partial charge in [0.25, 0.3) is 0 Å². The maximum Gasteiger partial charge on any atom is 0.350 e. The molecule has 1 amide bonds. The summed E-state index contributed by atoms with van der Waals surface area (Å²) in [4.78, 5) is 28.9. The van der Waals surface area contributed by atoms with E-state index in [0.29, 0.717) is 13.1 Å². The summed E-state index contributed by atoms with van der Waals surface area (Å²) in [7, 11) is 0. The topological polar surface area (TPSA) is 72.2 Å². The monoisotopic (exact) mass is 557 g/mol. The molecule has 1 aromatic heterocycles. The van der Waals surface area contributed by atoms with Crippen LogP contribution in [0.4, 0.5) is 5.69 Å². The molecule has 0 aliphatic carbocycles. The molecule has 0 spiro atoms. The Morgan fingerprint density at radius 1 is 0.762 bits per heavy atom. The van der Waals surface area contributed by atoms with E-state index in [0.717, 1.165) is 54.0 Å². The van der Waals surface area contributed by atoms with Gasteiger partial charge in [0.1, 0.15) is 6.33 Å². The van der Waals surface area contributed by atoms with Crippen molar-refractivity contribution >= 4 is 11.6 Å². The van der Waals surface area contributed by atoms with E-state index in [1.807, 2.05) is 91.0 Å². The fraction of sp³-hybridized carbons (Fsp3) is 0.229. The van der Waals surface area contributed by atoms with Crippen LogP contribution in [-0.2, 0) is 17.9 Å². The second kappa shape index (κ2) is 12.7. The van der Waals surface area contributed by atoms with Gasteiger partial charge in [-0.3, -0.25) is 4.79 Å². The van der Waals surface area contributed by atoms with Crippen molar-refractivity contribution in [2.45, 2.75) is 31.8 Å². The SMILES string of the molecule is O=C(NCc1ccccc1)C(c1ccccc1)C1CCN(c2ccc(-n3cnn(Cc4ccccc4)c3=O)cc2)CC1. The van der Waals surface area contributed by atoms with Gasteiger partial charge in [-0.25, -0.2) is 14.0 Å². The highest BCUT2D eigenvalue weighted by Gasteiger charge is 2.32. The Labute approximate surface area is 246 Å². The largest absolute Gasteiger partial charge is 0.372 e. The zero-order chi connectivity index (χ0) is 28.7. The number of anilines is 1. The lowest BCUT2D eigenvalue weighted by Crippen LogP contribution is -2.40. The first-order valence-electron chi connectivity index (χ1n) is 14.6. The molecule has 0 saturated carbocycles. The maximum atomic E-state index is 13.5. The van der Waals surface area contributed by atoms with Crippen molar-refractivity contribution in [1.82, 2.24) is 19.7 Å². The molecule has 0 radical (unpaired) electrons. The molecular formula is C35H35N5O2. The highest BCUT2D eigenvalue weighted by molar-refractivity contribution is 5.84. The average Bonchev–Trinajstić information content (AvgIpc) is 3.41. The lowest BCUT2D eigenvalue weighted by atomic mass is 9.79. The van der Waals surface area contributed by atoms with E-state index >= 15 is 0 Å². The molecule has 4 aromatic carbocycles. The predicted molar refractivity (Wildman–Crippen MR) is 166 cm³/mol. The van der Waals surface area contributed by atoms with Gasteiger partial charge < -0.3 is 10.2 Å². The van der Waals surface area contributed by atoms with Gasteiger partial charge in [-0.1, -0.05) is 91.0 Å². The summed E-state index contributed by atoms with van der Waals surface area (Å²) in [6.45, 7) is 2.71. The summed E-state index contributed by atoms with van der Waals surface area (Å²) < 4.78 is 3.06. The lowest BCUT2D eigenvalue weighted by Gasteiger charge is -2.37. The fourth-order valence-corrected chi connectivity index (χ4v) is 5.89. The molecule has 1 aliphatic rings. The number of piperidine rings is 1. The quantitative estimate of drug-likeness (QED) is 0.264. The van der Waals surface area contributed by atoms with Gasteiger partial charge in [-0.05, 0) is 59.7 Å². The van der Waals surface area contributed by atoms with Crippen molar-refractivity contribution in [2.75, 3.05) is 18.0 Å². The smallest absolute Gasteiger partial charge is 0.350 e. The van der Waals surface area contributed by atoms with Crippen LogP contribution >= 0.6 is 0 Å². The van der Waals surface area contributed by atoms with Crippen LogP contribution in [0.25, 0.3) is 5.69 Å². The molecule has 0 bridgehead atoms. The number of carbonyl (C=O) groups excluding carboxylic acids is 1. The van der Waals surface area contributed by atoms with E-state index in [4.69, 9.17) is 0 Å². The third kappa shape index (κ3) is 6.20. The van der Waals surface area contributed by atoms with Gasteiger partial charge in [0.05, 0.1) is 18.2 Å². The first-order valence-corrected chi connectivity index (χ1v) is 14.6. The van der Waals surface area contributed by atoms with Crippen molar-refractivity contribution < 1.29 is 4.79 Å². The Morgan fingerprint density at radius 2 is 1.33 bits per heavy atom. The Bertz CT molecular complexity index is 1640. The van der Waals surface area contributed by atoms with Crippen molar-refractivity contribution in [2.24, 2.45) is 5.92 Å². The van der Waals surface area contributed by atoms with E-state index < -0.39 is 0 Å². The van der Waals surface area contributed by atoms with Gasteiger partial charge in [-0.2, -0.15) is 5.10 Å². The second-order valence-electron chi connectivity index (χ2n) is 10.9. The molecule has 1 N–H and O–H groups in total. The minimum atomic E-state index is -0.182. The predicted octanol–water partition coefficient (Wildman–Crippen LogP) is 5.40. The summed E-state index contributed by atoms with van der Waals surface area (Å²) in [6.07, 6.45) is 3.43. The highest BCUT2D eigenvalue weighted by Crippen LogP contribution is 2.34. The molecule has 212 valence electrons. The maximum absolute atomic E-state index is 13.5. The van der Waals surface area contributed by atoms with E-state index in [1.165, 1.54) is 4.68 Å². The van der Waals surface area contributed by atoms with Crippen molar-refractivity contribution in [3.8, 4) is 5.69 Å². The number of hydrogen-bond acceptors (Lipinski definition) is 4. The van der Waals surface area contributed by atoms with Gasteiger partial charge in [0.15, 0.2) is 0 Å². The van der Waals surface area contributed by atoms with Crippen LogP contribution in [-0.4, -0.2) is 33.3 Å². The van der Waals surface area contributed by atoms with Gasteiger partial charge in [0.2, 0.25) is 5.91 Å². The summed E-state index contributed by atoms with van der Waals surface area (Å²) in [5.74, 6) is 0.164. The summed E-state index contributed by atoms with van der Waals surface area (Å²) in [5.41, 5.74) is 4.95. The molecular weight excluding hydrogens is 522 g/mol. The van der Waals surface area contributed by atoms with Crippen LogP contribution in [0.3, 0.4) is 0 Å². The average molecular weight is 558 g/mol.